The average molecular weight is 620 g/mol. The van der Waals surface area contributed by atoms with Crippen molar-refractivity contribution >= 4 is 17.2 Å². The third-order valence-corrected chi connectivity index (χ3v) is 7.57. The molecule has 1 radical (unpaired) electrons. The van der Waals surface area contributed by atoms with Crippen LogP contribution in [0.3, 0.4) is 0 Å². The number of rotatable bonds is 3. The van der Waals surface area contributed by atoms with Crippen molar-refractivity contribution in [3.05, 3.63) is 182 Å². The van der Waals surface area contributed by atoms with Crippen molar-refractivity contribution in [2.75, 3.05) is 0 Å². The molecule has 1 unspecified atom stereocenters. The van der Waals surface area contributed by atoms with Crippen LogP contribution >= 0.6 is 0 Å². The summed E-state index contributed by atoms with van der Waals surface area (Å²) in [7, 11) is 0. The van der Waals surface area contributed by atoms with E-state index in [9.17, 15) is 0 Å². The fraction of sp³-hybridized carbons (Fsp3) is 0.0556. The van der Waals surface area contributed by atoms with Crippen LogP contribution in [0.4, 0.5) is 0 Å². The molecule has 0 aromatic heterocycles. The van der Waals surface area contributed by atoms with Gasteiger partial charge in [0.1, 0.15) is 0 Å². The van der Waals surface area contributed by atoms with Gasteiger partial charge < -0.3 is 24.8 Å². The summed E-state index contributed by atoms with van der Waals surface area (Å²) < 4.78 is 0. The largest absolute Gasteiger partial charge is 3.00 e. The molecular weight excluding hydrogens is 595 g/mol. The second kappa shape index (κ2) is 12.1. The summed E-state index contributed by atoms with van der Waals surface area (Å²) in [6.07, 6.45) is 6.27. The van der Waals surface area contributed by atoms with Gasteiger partial charge >= 0.3 is 26.2 Å². The van der Waals surface area contributed by atoms with Gasteiger partial charge in [-0.3, -0.25) is 0 Å². The molecule has 3 heteroatoms. The molecule has 5 aromatic carbocycles. The van der Waals surface area contributed by atoms with E-state index >= 15 is 0 Å². The average Bonchev–Trinajstić information content (AvgIpc) is 3.48. The predicted octanol–water partition coefficient (Wildman–Crippen LogP) is 0.794. The maximum Gasteiger partial charge on any atom is 3.00 e. The molecule has 2 aliphatic carbocycles. The zero-order valence-electron chi connectivity index (χ0n) is 21.5. The fourth-order valence-corrected chi connectivity index (χ4v) is 5.96. The monoisotopic (exact) mass is 617 g/mol. The quantitative estimate of drug-likeness (QED) is 0.257. The van der Waals surface area contributed by atoms with Crippen molar-refractivity contribution in [1.29, 1.82) is 0 Å². The summed E-state index contributed by atoms with van der Waals surface area (Å²) in [5, 5.41) is 5.00. The molecule has 0 fully saturated rings. The molecule has 0 saturated carbocycles. The topological polar surface area (TPSA) is 0 Å². The van der Waals surface area contributed by atoms with E-state index in [4.69, 9.17) is 0 Å². The third-order valence-electron chi connectivity index (χ3n) is 7.57. The first-order valence-electron chi connectivity index (χ1n) is 12.6. The van der Waals surface area contributed by atoms with Crippen LogP contribution in [0, 0.1) is 10.4 Å². The van der Waals surface area contributed by atoms with Gasteiger partial charge in [0.15, 0.2) is 0 Å². The van der Waals surface area contributed by atoms with Gasteiger partial charge in [-0.15, -0.1) is 33.4 Å². The Hall–Kier alpha value is -2.96. The molecule has 0 amide bonds. The predicted molar refractivity (Wildman–Crippen MR) is 149 cm³/mol. The van der Waals surface area contributed by atoms with Crippen molar-refractivity contribution in [2.45, 2.75) is 12.8 Å². The second-order valence-corrected chi connectivity index (χ2v) is 9.64. The normalized spacial score (nSPS) is 13.8. The Balaban J connectivity index is 0.00000118. The zero-order chi connectivity index (χ0) is 24.1. The van der Waals surface area contributed by atoms with Crippen molar-refractivity contribution < 1.29 is 51.0 Å². The number of allylic oxidation sites excluding steroid dienone is 2. The minimum Gasteiger partial charge on any atom is -1.00 e. The Labute approximate surface area is 261 Å². The zero-order valence-corrected chi connectivity index (χ0v) is 25.4. The number of benzene rings is 5. The van der Waals surface area contributed by atoms with Crippen LogP contribution in [0.25, 0.3) is 17.2 Å². The molecule has 0 bridgehead atoms. The van der Waals surface area contributed by atoms with Gasteiger partial charge in [-0.25, -0.2) is 0 Å². The number of hydrogen-bond donors (Lipinski definition) is 0. The van der Waals surface area contributed by atoms with Crippen LogP contribution in [-0.4, -0.2) is 0 Å². The first-order chi connectivity index (χ1) is 17.8. The summed E-state index contributed by atoms with van der Waals surface area (Å²) in [5.41, 5.74) is 10.4. The number of fused-ring (bicyclic) bond motifs is 3. The third kappa shape index (κ3) is 4.94. The van der Waals surface area contributed by atoms with E-state index < -0.39 is 0 Å². The molecule has 0 heterocycles. The maximum absolute atomic E-state index is 3.82. The summed E-state index contributed by atoms with van der Waals surface area (Å²) in [5.74, 6) is 0.176. The van der Waals surface area contributed by atoms with Crippen LogP contribution in [0.1, 0.15) is 46.2 Å². The van der Waals surface area contributed by atoms with Gasteiger partial charge in [-0.1, -0.05) is 127 Å². The Morgan fingerprint density at radius 3 is 1.90 bits per heavy atom. The summed E-state index contributed by atoms with van der Waals surface area (Å²) >= 11 is 0. The van der Waals surface area contributed by atoms with Crippen LogP contribution in [0.5, 0.6) is 0 Å². The number of hydrogen-bond acceptors (Lipinski definition) is 0. The van der Waals surface area contributed by atoms with E-state index in [1.807, 2.05) is 0 Å². The van der Waals surface area contributed by atoms with E-state index in [2.05, 4.69) is 140 Å². The molecule has 1 atom stereocenters. The molecular formula is C36H25Cl2Zr. The van der Waals surface area contributed by atoms with Gasteiger partial charge in [-0.05, 0) is 45.5 Å². The van der Waals surface area contributed by atoms with Gasteiger partial charge in [0, 0.05) is 5.92 Å². The minimum atomic E-state index is 0. The summed E-state index contributed by atoms with van der Waals surface area (Å²) in [6.45, 7) is 2.24. The first-order valence-corrected chi connectivity index (χ1v) is 12.6. The maximum atomic E-state index is 3.82. The van der Waals surface area contributed by atoms with Crippen molar-refractivity contribution in [3.63, 3.8) is 0 Å². The van der Waals surface area contributed by atoms with Crippen molar-refractivity contribution in [3.8, 4) is 0 Å². The van der Waals surface area contributed by atoms with E-state index in [-0.39, 0.29) is 56.9 Å². The molecule has 0 N–H and O–H groups in total. The summed E-state index contributed by atoms with van der Waals surface area (Å²) in [6, 6.07) is 43.8. The molecule has 2 aliphatic rings. The Morgan fingerprint density at radius 2 is 1.21 bits per heavy atom. The van der Waals surface area contributed by atoms with Crippen LogP contribution in [-0.2, 0) is 26.2 Å². The molecule has 0 aliphatic heterocycles. The SMILES string of the molecule is CC1=CC(c2c3c(ccc2=C(c2ccccc2)c2ccccc2)=c2ccccc2=[C-]3)c2ccccc21.[Cl-].[Cl-].[Zr+3]. The molecule has 187 valence electrons. The molecule has 7 rings (SSSR count). The van der Waals surface area contributed by atoms with Crippen LogP contribution in [0.2, 0.25) is 0 Å². The molecule has 0 spiro atoms. The summed E-state index contributed by atoms with van der Waals surface area (Å²) in [4.78, 5) is 0. The van der Waals surface area contributed by atoms with Gasteiger partial charge in [0.2, 0.25) is 0 Å². The van der Waals surface area contributed by atoms with E-state index in [0.717, 1.165) is 0 Å². The van der Waals surface area contributed by atoms with E-state index in [1.54, 1.807) is 0 Å². The van der Waals surface area contributed by atoms with Gasteiger partial charge in [0.25, 0.3) is 0 Å². The van der Waals surface area contributed by atoms with Crippen LogP contribution < -0.4 is 35.3 Å². The Morgan fingerprint density at radius 1 is 0.615 bits per heavy atom. The van der Waals surface area contributed by atoms with Gasteiger partial charge in [0.05, 0.1) is 0 Å². The van der Waals surface area contributed by atoms with Crippen molar-refractivity contribution in [2.24, 2.45) is 0 Å². The minimum absolute atomic E-state index is 0. The fourth-order valence-electron chi connectivity index (χ4n) is 5.96. The van der Waals surface area contributed by atoms with Crippen molar-refractivity contribution in [1.82, 2.24) is 0 Å². The Bertz CT molecular complexity index is 1850. The molecule has 5 aromatic rings. The smallest absolute Gasteiger partial charge is 1.00 e. The van der Waals surface area contributed by atoms with Gasteiger partial charge in [-0.2, -0.15) is 0 Å². The standard InChI is InChI=1S/C36H25.2ClH.Zr/c1-24-22-33(30-19-11-10-17-28(24)30)36-32(21-20-31-29-18-9-8-16-27(29)23-34(31)36)35(25-12-4-2-5-13-25)26-14-6-3-7-15-26;;;/h2-22,33H,1H3;2*1H;/q-1;;;+3/p-2. The molecule has 39 heavy (non-hydrogen) atoms. The second-order valence-electron chi connectivity index (χ2n) is 9.64. The number of halogens is 2. The van der Waals surface area contributed by atoms with E-state index in [1.165, 1.54) is 65.4 Å². The first kappa shape index (κ1) is 29.0. The van der Waals surface area contributed by atoms with Crippen LogP contribution in [0.15, 0.2) is 127 Å². The Kier molecular flexibility index (Phi) is 8.97. The molecule has 0 nitrogen and oxygen atoms in total. The van der Waals surface area contributed by atoms with E-state index in [0.29, 0.717) is 0 Å². The molecule has 0 saturated heterocycles.